The van der Waals surface area contributed by atoms with E-state index in [9.17, 15) is 14.4 Å². The molecule has 0 aromatic heterocycles. The normalized spacial score (nSPS) is 23.8. The van der Waals surface area contributed by atoms with Gasteiger partial charge in [-0.15, -0.1) is 0 Å². The number of ether oxygens (including phenoxy) is 2. The Labute approximate surface area is 229 Å². The highest BCUT2D eigenvalue weighted by Crippen LogP contribution is 2.42. The van der Waals surface area contributed by atoms with E-state index in [-0.39, 0.29) is 42.9 Å². The average Bonchev–Trinajstić information content (AvgIpc) is 3.12. The summed E-state index contributed by atoms with van der Waals surface area (Å²) in [5.74, 6) is 1.33. The summed E-state index contributed by atoms with van der Waals surface area (Å²) < 4.78 is 11.3. The fourth-order valence-corrected chi connectivity index (χ4v) is 6.02. The second-order valence-corrected chi connectivity index (χ2v) is 12.3. The van der Waals surface area contributed by atoms with Crippen LogP contribution in [0.5, 0.6) is 0 Å². The molecule has 1 aliphatic heterocycles. The summed E-state index contributed by atoms with van der Waals surface area (Å²) in [5.41, 5.74) is 0.498. The highest BCUT2D eigenvalue weighted by atomic mass is 16.6. The molecule has 1 aromatic carbocycles. The van der Waals surface area contributed by atoms with Gasteiger partial charge in [0.05, 0.1) is 36.7 Å². The van der Waals surface area contributed by atoms with Crippen molar-refractivity contribution in [2.75, 3.05) is 13.2 Å². The number of amides is 2. The van der Waals surface area contributed by atoms with Gasteiger partial charge in [-0.3, -0.25) is 14.5 Å². The number of rotatable bonds is 15. The third-order valence-electron chi connectivity index (χ3n) is 8.29. The number of benzene rings is 1. The zero-order valence-corrected chi connectivity index (χ0v) is 24.2. The summed E-state index contributed by atoms with van der Waals surface area (Å²) in [6.45, 7) is 11.0. The molecular formula is C32H49NO5. The van der Waals surface area contributed by atoms with E-state index in [0.717, 1.165) is 37.5 Å². The maximum atomic E-state index is 13.2. The van der Waals surface area contributed by atoms with Crippen molar-refractivity contribution < 1.29 is 23.9 Å². The first-order chi connectivity index (χ1) is 18.2. The standard InChI is InChI=1S/C32H49NO5/c1-22(2)11-9-12-23(3)13-10-14-26-17-18-28-29(19-26)31(35)33(30(28)34)20-24(4)37-21-25(5)38-32(36)27-15-7-6-8-16-27/h6-8,15-16,22-26,28-29H,9-14,17-21H2,1-5H3. The summed E-state index contributed by atoms with van der Waals surface area (Å²) in [7, 11) is 0. The molecule has 6 nitrogen and oxygen atoms in total. The van der Waals surface area contributed by atoms with Gasteiger partial charge in [0.25, 0.3) is 0 Å². The van der Waals surface area contributed by atoms with Gasteiger partial charge in [-0.05, 0) is 63.0 Å². The molecule has 6 heteroatoms. The smallest absolute Gasteiger partial charge is 0.338 e. The lowest BCUT2D eigenvalue weighted by molar-refractivity contribution is -0.142. The van der Waals surface area contributed by atoms with Crippen molar-refractivity contribution in [2.45, 2.75) is 105 Å². The molecule has 1 aliphatic carbocycles. The van der Waals surface area contributed by atoms with Gasteiger partial charge in [-0.2, -0.15) is 0 Å². The second-order valence-electron chi connectivity index (χ2n) is 12.3. The molecule has 212 valence electrons. The number of esters is 1. The molecule has 0 spiro atoms. The zero-order valence-electron chi connectivity index (χ0n) is 24.2. The van der Waals surface area contributed by atoms with Crippen LogP contribution in [0.15, 0.2) is 30.3 Å². The van der Waals surface area contributed by atoms with Gasteiger partial charge < -0.3 is 9.47 Å². The van der Waals surface area contributed by atoms with Crippen LogP contribution < -0.4 is 0 Å². The molecule has 2 fully saturated rings. The van der Waals surface area contributed by atoms with Crippen molar-refractivity contribution in [2.24, 2.45) is 29.6 Å². The second kappa shape index (κ2) is 14.8. The summed E-state index contributed by atoms with van der Waals surface area (Å²) in [4.78, 5) is 39.9. The van der Waals surface area contributed by atoms with Crippen molar-refractivity contribution >= 4 is 17.8 Å². The lowest BCUT2D eigenvalue weighted by atomic mass is 9.73. The van der Waals surface area contributed by atoms with E-state index in [1.807, 2.05) is 13.0 Å². The number of hydrogen-bond donors (Lipinski definition) is 0. The predicted molar refractivity (Wildman–Crippen MR) is 149 cm³/mol. The summed E-state index contributed by atoms with van der Waals surface area (Å²) >= 11 is 0. The summed E-state index contributed by atoms with van der Waals surface area (Å²) in [6, 6.07) is 8.85. The maximum Gasteiger partial charge on any atom is 0.338 e. The van der Waals surface area contributed by atoms with E-state index in [4.69, 9.17) is 9.47 Å². The lowest BCUT2D eigenvalue weighted by Crippen LogP contribution is -2.38. The highest BCUT2D eigenvalue weighted by Gasteiger charge is 2.50. The number of carbonyl (C=O) groups excluding carboxylic acids is 3. The van der Waals surface area contributed by atoms with Gasteiger partial charge in [-0.1, -0.05) is 77.5 Å². The Hall–Kier alpha value is -2.21. The largest absolute Gasteiger partial charge is 0.457 e. The SMILES string of the molecule is CC(C)CCCC(C)CCCC1CCC2C(=O)N(CC(C)OCC(C)OC(=O)c3ccccc3)C(=O)C2C1. The van der Waals surface area contributed by atoms with Crippen molar-refractivity contribution in [3.8, 4) is 0 Å². The average molecular weight is 528 g/mol. The molecule has 0 N–H and O–H groups in total. The van der Waals surface area contributed by atoms with Crippen molar-refractivity contribution in [3.05, 3.63) is 35.9 Å². The van der Waals surface area contributed by atoms with Crippen LogP contribution in [0.3, 0.4) is 0 Å². The number of likely N-dealkylation sites (tertiary alicyclic amines) is 1. The van der Waals surface area contributed by atoms with Gasteiger partial charge in [-0.25, -0.2) is 4.79 Å². The molecule has 6 unspecified atom stereocenters. The first kappa shape index (κ1) is 30.3. The molecule has 3 rings (SSSR count). The fraction of sp³-hybridized carbons (Fsp3) is 0.719. The minimum atomic E-state index is -0.434. The van der Waals surface area contributed by atoms with Crippen LogP contribution in [-0.4, -0.2) is 48.0 Å². The molecule has 6 atom stereocenters. The molecule has 38 heavy (non-hydrogen) atoms. The van der Waals surface area contributed by atoms with Crippen LogP contribution in [0.1, 0.15) is 103 Å². The molecule has 2 aliphatic rings. The quantitative estimate of drug-likeness (QED) is 0.188. The predicted octanol–water partition coefficient (Wildman–Crippen LogP) is 6.67. The van der Waals surface area contributed by atoms with Crippen LogP contribution in [0.2, 0.25) is 0 Å². The minimum Gasteiger partial charge on any atom is -0.457 e. The molecule has 1 saturated carbocycles. The molecule has 1 saturated heterocycles. The van der Waals surface area contributed by atoms with E-state index in [0.29, 0.717) is 11.5 Å². The number of fused-ring (bicyclic) bond motifs is 1. The highest BCUT2D eigenvalue weighted by molar-refractivity contribution is 6.05. The number of nitrogens with zero attached hydrogens (tertiary/aromatic N) is 1. The number of carbonyl (C=O) groups is 3. The molecule has 2 amide bonds. The maximum absolute atomic E-state index is 13.2. The molecular weight excluding hydrogens is 478 g/mol. The van der Waals surface area contributed by atoms with Gasteiger partial charge in [0, 0.05) is 0 Å². The van der Waals surface area contributed by atoms with Gasteiger partial charge in [0.15, 0.2) is 0 Å². The van der Waals surface area contributed by atoms with E-state index in [1.165, 1.54) is 37.0 Å². The minimum absolute atomic E-state index is 0.0224. The number of hydrogen-bond acceptors (Lipinski definition) is 5. The Morgan fingerprint density at radius 1 is 0.895 bits per heavy atom. The van der Waals surface area contributed by atoms with Crippen molar-refractivity contribution in [3.63, 3.8) is 0 Å². The first-order valence-electron chi connectivity index (χ1n) is 14.9. The Kier molecular flexibility index (Phi) is 11.8. The van der Waals surface area contributed by atoms with Crippen molar-refractivity contribution in [1.82, 2.24) is 4.90 Å². The fourth-order valence-electron chi connectivity index (χ4n) is 6.02. The molecule has 1 heterocycles. The zero-order chi connectivity index (χ0) is 27.7. The van der Waals surface area contributed by atoms with Gasteiger partial charge in [0.1, 0.15) is 6.10 Å². The summed E-state index contributed by atoms with van der Waals surface area (Å²) in [6.07, 6.45) is 9.53. The van der Waals surface area contributed by atoms with E-state index in [2.05, 4.69) is 20.8 Å². The molecule has 0 radical (unpaired) electrons. The Morgan fingerprint density at radius 2 is 1.58 bits per heavy atom. The van der Waals surface area contributed by atoms with E-state index >= 15 is 0 Å². The van der Waals surface area contributed by atoms with Crippen LogP contribution >= 0.6 is 0 Å². The Balaban J connectivity index is 1.38. The van der Waals surface area contributed by atoms with E-state index < -0.39 is 12.1 Å². The first-order valence-corrected chi connectivity index (χ1v) is 14.9. The van der Waals surface area contributed by atoms with Gasteiger partial charge in [0.2, 0.25) is 11.8 Å². The third kappa shape index (κ3) is 8.93. The molecule has 1 aromatic rings. The van der Waals surface area contributed by atoms with Crippen LogP contribution in [0.25, 0.3) is 0 Å². The Morgan fingerprint density at radius 3 is 2.29 bits per heavy atom. The van der Waals surface area contributed by atoms with E-state index in [1.54, 1.807) is 31.2 Å². The van der Waals surface area contributed by atoms with Crippen LogP contribution in [0, 0.1) is 29.6 Å². The topological polar surface area (TPSA) is 72.9 Å². The lowest BCUT2D eigenvalue weighted by Gasteiger charge is -2.29. The molecule has 0 bridgehead atoms. The third-order valence-corrected chi connectivity index (χ3v) is 8.29. The van der Waals surface area contributed by atoms with Crippen LogP contribution in [0.4, 0.5) is 0 Å². The summed E-state index contributed by atoms with van der Waals surface area (Å²) in [5, 5.41) is 0. The van der Waals surface area contributed by atoms with Crippen molar-refractivity contribution in [1.29, 1.82) is 0 Å². The van der Waals surface area contributed by atoms with Gasteiger partial charge >= 0.3 is 5.97 Å². The Bertz CT molecular complexity index is 900. The van der Waals surface area contributed by atoms with Crippen LogP contribution in [-0.2, 0) is 19.1 Å². The monoisotopic (exact) mass is 527 g/mol. The number of imide groups is 1.